The van der Waals surface area contributed by atoms with Crippen LogP contribution < -0.4 is 5.73 Å². The summed E-state index contributed by atoms with van der Waals surface area (Å²) >= 11 is 0. The molecule has 6 heteroatoms. The van der Waals surface area contributed by atoms with Gasteiger partial charge in [0.05, 0.1) is 12.2 Å². The smallest absolute Gasteiger partial charge is 0.238 e. The molecule has 2 unspecified atom stereocenters. The van der Waals surface area contributed by atoms with Crippen LogP contribution in [0.25, 0.3) is 11.6 Å². The van der Waals surface area contributed by atoms with Gasteiger partial charge in [0, 0.05) is 6.04 Å². The Morgan fingerprint density at radius 1 is 1.38 bits per heavy atom. The molecule has 2 N–H and O–H groups in total. The topological polar surface area (TPSA) is 78.1 Å². The van der Waals surface area contributed by atoms with E-state index in [4.69, 9.17) is 14.7 Å². The molecule has 0 aliphatic carbocycles. The Labute approximate surface area is 99.4 Å². The van der Waals surface area contributed by atoms with Crippen molar-refractivity contribution in [3.63, 3.8) is 0 Å². The minimum absolute atomic E-state index is 0. The molecule has 2 heterocycles. The van der Waals surface area contributed by atoms with Crippen LogP contribution in [0.3, 0.4) is 0 Å². The average Bonchev–Trinajstić information content (AvgIpc) is 2.86. The van der Waals surface area contributed by atoms with Gasteiger partial charge in [0.25, 0.3) is 0 Å². The first kappa shape index (κ1) is 12.7. The fraction of sp³-hybridized carbons (Fsp3) is 0.400. The number of aromatic nitrogens is 2. The Hall–Kier alpha value is -1.33. The van der Waals surface area contributed by atoms with Crippen LogP contribution in [0, 0.1) is 0 Å². The molecule has 2 rings (SSSR count). The third kappa shape index (κ3) is 2.43. The third-order valence-corrected chi connectivity index (χ3v) is 2.36. The summed E-state index contributed by atoms with van der Waals surface area (Å²) < 4.78 is 10.3. The highest BCUT2D eigenvalue weighted by Gasteiger charge is 2.19. The van der Waals surface area contributed by atoms with Crippen LogP contribution in [0.1, 0.15) is 25.7 Å². The van der Waals surface area contributed by atoms with Crippen molar-refractivity contribution in [2.75, 3.05) is 0 Å². The lowest BCUT2D eigenvalue weighted by atomic mass is 10.1. The van der Waals surface area contributed by atoms with Gasteiger partial charge in [0.2, 0.25) is 11.7 Å². The van der Waals surface area contributed by atoms with Gasteiger partial charge in [-0.3, -0.25) is 0 Å². The van der Waals surface area contributed by atoms with E-state index in [0.29, 0.717) is 17.5 Å². The van der Waals surface area contributed by atoms with Gasteiger partial charge in [0.1, 0.15) is 0 Å². The molecule has 2 atom stereocenters. The second-order valence-electron chi connectivity index (χ2n) is 3.58. The molecule has 16 heavy (non-hydrogen) atoms. The van der Waals surface area contributed by atoms with Gasteiger partial charge >= 0.3 is 0 Å². The van der Waals surface area contributed by atoms with Crippen LogP contribution in [0.4, 0.5) is 0 Å². The van der Waals surface area contributed by atoms with E-state index in [1.807, 2.05) is 13.8 Å². The molecule has 5 nitrogen and oxygen atoms in total. The van der Waals surface area contributed by atoms with Crippen molar-refractivity contribution in [2.45, 2.75) is 25.8 Å². The van der Waals surface area contributed by atoms with Crippen molar-refractivity contribution in [3.05, 3.63) is 24.3 Å². The summed E-state index contributed by atoms with van der Waals surface area (Å²) in [5.74, 6) is 1.64. The lowest BCUT2D eigenvalue weighted by molar-refractivity contribution is 0.346. The molecule has 0 spiro atoms. The normalized spacial score (nSPS) is 14.2. The Morgan fingerprint density at radius 3 is 2.69 bits per heavy atom. The zero-order valence-electron chi connectivity index (χ0n) is 9.08. The average molecular weight is 244 g/mol. The molecule has 0 aliphatic rings. The maximum Gasteiger partial charge on any atom is 0.238 e. The molecular weight excluding hydrogens is 230 g/mol. The molecule has 0 saturated heterocycles. The number of rotatable bonds is 3. The first-order chi connectivity index (χ1) is 7.18. The molecule has 2 aromatic rings. The first-order valence-electron chi connectivity index (χ1n) is 4.81. The molecule has 0 fully saturated rings. The SMILES string of the molecule is CC(N)C(C)c1nc(-c2ccco2)no1.Cl. The molecule has 0 saturated carbocycles. The summed E-state index contributed by atoms with van der Waals surface area (Å²) in [6.07, 6.45) is 1.57. The van der Waals surface area contributed by atoms with E-state index >= 15 is 0 Å². The highest BCUT2D eigenvalue weighted by molar-refractivity contribution is 5.85. The highest BCUT2D eigenvalue weighted by atomic mass is 35.5. The van der Waals surface area contributed by atoms with Crippen molar-refractivity contribution in [2.24, 2.45) is 5.73 Å². The molecule has 88 valence electrons. The maximum atomic E-state index is 5.74. The first-order valence-corrected chi connectivity index (χ1v) is 4.81. The second-order valence-corrected chi connectivity index (χ2v) is 3.58. The Kier molecular flexibility index (Phi) is 4.09. The Bertz CT molecular complexity index is 425. The quantitative estimate of drug-likeness (QED) is 0.894. The van der Waals surface area contributed by atoms with E-state index in [9.17, 15) is 0 Å². The van der Waals surface area contributed by atoms with E-state index in [1.165, 1.54) is 0 Å². The van der Waals surface area contributed by atoms with E-state index < -0.39 is 0 Å². The minimum atomic E-state index is -0.0186. The summed E-state index contributed by atoms with van der Waals surface area (Å²) in [4.78, 5) is 4.22. The molecular formula is C10H14ClN3O2. The predicted molar refractivity (Wildman–Crippen MR) is 61.3 cm³/mol. The highest BCUT2D eigenvalue weighted by Crippen LogP contribution is 2.21. The largest absolute Gasteiger partial charge is 0.461 e. The van der Waals surface area contributed by atoms with Crippen LogP contribution in [0.2, 0.25) is 0 Å². The fourth-order valence-corrected chi connectivity index (χ4v) is 1.15. The van der Waals surface area contributed by atoms with Crippen molar-refractivity contribution < 1.29 is 8.94 Å². The maximum absolute atomic E-state index is 5.74. The number of nitrogens with two attached hydrogens (primary N) is 1. The van der Waals surface area contributed by atoms with Crippen LogP contribution in [0.5, 0.6) is 0 Å². The molecule has 0 radical (unpaired) electrons. The van der Waals surface area contributed by atoms with Crippen LogP contribution >= 0.6 is 12.4 Å². The second kappa shape index (κ2) is 5.14. The minimum Gasteiger partial charge on any atom is -0.461 e. The summed E-state index contributed by atoms with van der Waals surface area (Å²) in [5.41, 5.74) is 5.74. The van der Waals surface area contributed by atoms with E-state index in [1.54, 1.807) is 18.4 Å². The fourth-order valence-electron chi connectivity index (χ4n) is 1.15. The van der Waals surface area contributed by atoms with E-state index in [0.717, 1.165) is 0 Å². The molecule has 0 bridgehead atoms. The number of hydrogen-bond acceptors (Lipinski definition) is 5. The Morgan fingerprint density at radius 2 is 2.12 bits per heavy atom. The lowest BCUT2D eigenvalue weighted by Gasteiger charge is -2.08. The van der Waals surface area contributed by atoms with Gasteiger partial charge < -0.3 is 14.7 Å². The van der Waals surface area contributed by atoms with E-state index in [-0.39, 0.29) is 24.4 Å². The van der Waals surface area contributed by atoms with Gasteiger partial charge in [-0.1, -0.05) is 12.1 Å². The van der Waals surface area contributed by atoms with Gasteiger partial charge in [-0.15, -0.1) is 12.4 Å². The third-order valence-electron chi connectivity index (χ3n) is 2.36. The molecule has 0 aliphatic heterocycles. The Balaban J connectivity index is 0.00000128. The standard InChI is InChI=1S/C10H13N3O2.ClH/c1-6(7(2)11)10-12-9(13-15-10)8-4-3-5-14-8;/h3-7H,11H2,1-2H3;1H. The zero-order valence-corrected chi connectivity index (χ0v) is 9.90. The number of hydrogen-bond donors (Lipinski definition) is 1. The molecule has 0 aromatic carbocycles. The number of furan rings is 1. The van der Waals surface area contributed by atoms with Gasteiger partial charge in [-0.05, 0) is 19.1 Å². The summed E-state index contributed by atoms with van der Waals surface area (Å²) in [6.45, 7) is 3.85. The zero-order chi connectivity index (χ0) is 10.8. The van der Waals surface area contributed by atoms with Gasteiger partial charge in [-0.25, -0.2) is 0 Å². The monoisotopic (exact) mass is 243 g/mol. The van der Waals surface area contributed by atoms with E-state index in [2.05, 4.69) is 10.1 Å². The summed E-state index contributed by atoms with van der Waals surface area (Å²) in [7, 11) is 0. The van der Waals surface area contributed by atoms with Crippen LogP contribution in [-0.2, 0) is 0 Å². The lowest BCUT2D eigenvalue weighted by Crippen LogP contribution is -2.22. The van der Waals surface area contributed by atoms with Crippen molar-refractivity contribution >= 4 is 12.4 Å². The molecule has 0 amide bonds. The summed E-state index contributed by atoms with van der Waals surface area (Å²) in [6, 6.07) is 3.54. The van der Waals surface area contributed by atoms with Crippen LogP contribution in [0.15, 0.2) is 27.3 Å². The predicted octanol–water partition coefficient (Wildman–Crippen LogP) is 2.20. The van der Waals surface area contributed by atoms with Gasteiger partial charge in [0.15, 0.2) is 5.76 Å². The van der Waals surface area contributed by atoms with Crippen molar-refractivity contribution in [3.8, 4) is 11.6 Å². The summed E-state index contributed by atoms with van der Waals surface area (Å²) in [5, 5.41) is 3.83. The van der Waals surface area contributed by atoms with Gasteiger partial charge in [-0.2, -0.15) is 4.98 Å². The van der Waals surface area contributed by atoms with Crippen molar-refractivity contribution in [1.29, 1.82) is 0 Å². The molecule has 2 aromatic heterocycles. The number of halogens is 1. The van der Waals surface area contributed by atoms with Crippen molar-refractivity contribution in [1.82, 2.24) is 10.1 Å². The number of nitrogens with zero attached hydrogens (tertiary/aromatic N) is 2. The van der Waals surface area contributed by atoms with Crippen LogP contribution in [-0.4, -0.2) is 16.2 Å².